The van der Waals surface area contributed by atoms with Gasteiger partial charge in [0.15, 0.2) is 0 Å². The summed E-state index contributed by atoms with van der Waals surface area (Å²) in [5.74, 6) is -0.0949. The number of nitrogens with zero attached hydrogens (tertiary/aromatic N) is 3. The lowest BCUT2D eigenvalue weighted by atomic mass is 10.1. The van der Waals surface area contributed by atoms with Crippen molar-refractivity contribution in [2.75, 3.05) is 5.73 Å². The number of hydrogen-bond donors (Lipinski definition) is 1. The van der Waals surface area contributed by atoms with Gasteiger partial charge in [-0.05, 0) is 30.3 Å². The van der Waals surface area contributed by atoms with Crippen molar-refractivity contribution in [1.29, 1.82) is 0 Å². The Balaban J connectivity index is 2.28. The number of halogens is 3. The Morgan fingerprint density at radius 1 is 1.00 bits per heavy atom. The van der Waals surface area contributed by atoms with Crippen LogP contribution < -0.4 is 5.73 Å². The van der Waals surface area contributed by atoms with Crippen molar-refractivity contribution in [2.24, 2.45) is 0 Å². The van der Waals surface area contributed by atoms with Gasteiger partial charge in [0, 0.05) is 11.6 Å². The normalized spacial score (nSPS) is 11.8. The average molecular weight is 290 g/mol. The molecular weight excluding hydrogens is 281 g/mol. The molecule has 0 atom stereocenters. The molecule has 0 aliphatic carbocycles. The summed E-state index contributed by atoms with van der Waals surface area (Å²) in [4.78, 5) is 12.1. The van der Waals surface area contributed by atoms with Crippen LogP contribution >= 0.6 is 0 Å². The summed E-state index contributed by atoms with van der Waals surface area (Å²) in [7, 11) is 0. The standard InChI is InChI=1S/C14H9F3N4/c15-14(16,17)8-4-5-9-11(7-8)20-13(18)21-12(9)10-3-1-2-6-19-10/h1-7H,(H2,18,20,21). The van der Waals surface area contributed by atoms with Crippen molar-refractivity contribution < 1.29 is 13.2 Å². The van der Waals surface area contributed by atoms with Crippen LogP contribution in [0.15, 0.2) is 42.6 Å². The van der Waals surface area contributed by atoms with Crippen molar-refractivity contribution in [2.45, 2.75) is 6.18 Å². The van der Waals surface area contributed by atoms with Gasteiger partial charge in [-0.2, -0.15) is 13.2 Å². The number of aromatic nitrogens is 3. The summed E-state index contributed by atoms with van der Waals surface area (Å²) >= 11 is 0. The Morgan fingerprint density at radius 2 is 1.81 bits per heavy atom. The Bertz CT molecular complexity index is 800. The van der Waals surface area contributed by atoms with Gasteiger partial charge in [-0.1, -0.05) is 6.07 Å². The molecule has 0 saturated carbocycles. The van der Waals surface area contributed by atoms with Crippen LogP contribution in [0.4, 0.5) is 19.1 Å². The highest BCUT2D eigenvalue weighted by Crippen LogP contribution is 2.33. The zero-order valence-electron chi connectivity index (χ0n) is 10.6. The maximum absolute atomic E-state index is 12.8. The fourth-order valence-corrected chi connectivity index (χ4v) is 2.02. The van der Waals surface area contributed by atoms with E-state index in [9.17, 15) is 13.2 Å². The molecule has 2 N–H and O–H groups in total. The van der Waals surface area contributed by atoms with E-state index in [-0.39, 0.29) is 11.5 Å². The van der Waals surface area contributed by atoms with E-state index in [0.717, 1.165) is 12.1 Å². The fraction of sp³-hybridized carbons (Fsp3) is 0.0714. The zero-order valence-corrected chi connectivity index (χ0v) is 10.6. The molecule has 0 radical (unpaired) electrons. The highest BCUT2D eigenvalue weighted by atomic mass is 19.4. The summed E-state index contributed by atoms with van der Waals surface area (Å²) in [6, 6.07) is 8.49. The number of fused-ring (bicyclic) bond motifs is 1. The molecule has 21 heavy (non-hydrogen) atoms. The van der Waals surface area contributed by atoms with Gasteiger partial charge in [0.1, 0.15) is 5.69 Å². The van der Waals surface area contributed by atoms with Gasteiger partial charge >= 0.3 is 6.18 Å². The van der Waals surface area contributed by atoms with Gasteiger partial charge in [0.2, 0.25) is 5.95 Å². The van der Waals surface area contributed by atoms with Crippen LogP contribution in [0.1, 0.15) is 5.56 Å². The molecule has 3 aromatic rings. The van der Waals surface area contributed by atoms with Crippen LogP contribution in [0.5, 0.6) is 0 Å². The molecule has 0 bridgehead atoms. The third-order valence-corrected chi connectivity index (χ3v) is 2.95. The second-order valence-corrected chi connectivity index (χ2v) is 4.38. The molecule has 0 unspecified atom stereocenters. The fourth-order valence-electron chi connectivity index (χ4n) is 2.02. The van der Waals surface area contributed by atoms with Gasteiger partial charge in [-0.15, -0.1) is 0 Å². The van der Waals surface area contributed by atoms with E-state index in [2.05, 4.69) is 15.0 Å². The Labute approximate surface area is 117 Å². The van der Waals surface area contributed by atoms with Gasteiger partial charge in [0.25, 0.3) is 0 Å². The molecule has 7 heteroatoms. The lowest BCUT2D eigenvalue weighted by Crippen LogP contribution is -2.06. The van der Waals surface area contributed by atoms with Crippen molar-refractivity contribution in [3.8, 4) is 11.4 Å². The Morgan fingerprint density at radius 3 is 2.48 bits per heavy atom. The first-order valence-electron chi connectivity index (χ1n) is 6.01. The van der Waals surface area contributed by atoms with Gasteiger partial charge in [0.05, 0.1) is 16.8 Å². The SMILES string of the molecule is Nc1nc(-c2ccccn2)c2ccc(C(F)(F)F)cc2n1. The number of alkyl halides is 3. The van der Waals surface area contributed by atoms with E-state index in [1.54, 1.807) is 24.4 Å². The predicted molar refractivity (Wildman–Crippen MR) is 72.2 cm³/mol. The maximum Gasteiger partial charge on any atom is 0.416 e. The first-order valence-corrected chi connectivity index (χ1v) is 6.01. The highest BCUT2D eigenvalue weighted by molar-refractivity contribution is 5.92. The molecule has 1 aromatic carbocycles. The van der Waals surface area contributed by atoms with E-state index >= 15 is 0 Å². The molecule has 0 aliphatic rings. The molecule has 2 aromatic heterocycles. The zero-order chi connectivity index (χ0) is 15.0. The molecule has 106 valence electrons. The number of nitrogens with two attached hydrogens (primary N) is 1. The number of nitrogen functional groups attached to an aromatic ring is 1. The Hall–Kier alpha value is -2.70. The minimum absolute atomic E-state index is 0.0949. The number of pyridine rings is 1. The van der Waals surface area contributed by atoms with E-state index in [4.69, 9.17) is 5.73 Å². The third kappa shape index (κ3) is 2.49. The summed E-state index contributed by atoms with van der Waals surface area (Å²) in [6.07, 6.45) is -2.86. The molecule has 0 amide bonds. The van der Waals surface area contributed by atoms with E-state index in [1.807, 2.05) is 0 Å². The largest absolute Gasteiger partial charge is 0.416 e. The molecular formula is C14H9F3N4. The second kappa shape index (κ2) is 4.69. The molecule has 2 heterocycles. The molecule has 0 spiro atoms. The van der Waals surface area contributed by atoms with Crippen molar-refractivity contribution in [3.63, 3.8) is 0 Å². The average Bonchev–Trinajstić information content (AvgIpc) is 2.45. The summed E-state index contributed by atoms with van der Waals surface area (Å²) in [5.41, 5.74) is 5.88. The van der Waals surface area contributed by atoms with Crippen molar-refractivity contribution in [1.82, 2.24) is 15.0 Å². The number of hydrogen-bond acceptors (Lipinski definition) is 4. The molecule has 0 saturated heterocycles. The van der Waals surface area contributed by atoms with E-state index in [0.29, 0.717) is 16.8 Å². The summed E-state index contributed by atoms with van der Waals surface area (Å²) in [6.45, 7) is 0. The van der Waals surface area contributed by atoms with Crippen LogP contribution in [0, 0.1) is 0 Å². The number of anilines is 1. The smallest absolute Gasteiger partial charge is 0.368 e. The quantitative estimate of drug-likeness (QED) is 0.747. The lowest BCUT2D eigenvalue weighted by Gasteiger charge is -2.10. The minimum atomic E-state index is -4.43. The van der Waals surface area contributed by atoms with Crippen LogP contribution in [-0.4, -0.2) is 15.0 Å². The highest BCUT2D eigenvalue weighted by Gasteiger charge is 2.30. The topological polar surface area (TPSA) is 64.7 Å². The van der Waals surface area contributed by atoms with Crippen LogP contribution in [0.3, 0.4) is 0 Å². The predicted octanol–water partition coefficient (Wildman–Crippen LogP) is 3.29. The summed E-state index contributed by atoms with van der Waals surface area (Å²) < 4.78 is 38.3. The minimum Gasteiger partial charge on any atom is -0.368 e. The van der Waals surface area contributed by atoms with Gasteiger partial charge in [-0.3, -0.25) is 4.98 Å². The van der Waals surface area contributed by atoms with E-state index in [1.165, 1.54) is 6.07 Å². The van der Waals surface area contributed by atoms with E-state index < -0.39 is 11.7 Å². The van der Waals surface area contributed by atoms with Crippen LogP contribution in [-0.2, 0) is 6.18 Å². The monoisotopic (exact) mass is 290 g/mol. The molecule has 3 rings (SSSR count). The van der Waals surface area contributed by atoms with Crippen LogP contribution in [0.2, 0.25) is 0 Å². The Kier molecular flexibility index (Phi) is 2.97. The number of rotatable bonds is 1. The lowest BCUT2D eigenvalue weighted by molar-refractivity contribution is -0.137. The van der Waals surface area contributed by atoms with Crippen LogP contribution in [0.25, 0.3) is 22.3 Å². The van der Waals surface area contributed by atoms with Gasteiger partial charge in [-0.25, -0.2) is 9.97 Å². The van der Waals surface area contributed by atoms with Crippen molar-refractivity contribution in [3.05, 3.63) is 48.2 Å². The maximum atomic E-state index is 12.8. The summed E-state index contributed by atoms with van der Waals surface area (Å²) in [5, 5.41) is 0.468. The molecule has 0 aliphatic heterocycles. The number of benzene rings is 1. The van der Waals surface area contributed by atoms with Crippen molar-refractivity contribution >= 4 is 16.9 Å². The molecule has 4 nitrogen and oxygen atoms in total. The third-order valence-electron chi connectivity index (χ3n) is 2.95. The second-order valence-electron chi connectivity index (χ2n) is 4.38. The van der Waals surface area contributed by atoms with Gasteiger partial charge < -0.3 is 5.73 Å². The molecule has 0 fully saturated rings. The first kappa shape index (κ1) is 13.3. The first-order chi connectivity index (χ1) is 9.95.